The van der Waals surface area contributed by atoms with E-state index in [-0.39, 0.29) is 12.5 Å². The number of unbranched alkanes of at least 4 members (excludes halogenated alkanes) is 13. The largest absolute Gasteiger partial charge is 0.366 e. The number of rotatable bonds is 17. The van der Waals surface area contributed by atoms with E-state index >= 15 is 0 Å². The van der Waals surface area contributed by atoms with Gasteiger partial charge in [0.25, 0.3) is 5.91 Å². The van der Waals surface area contributed by atoms with Gasteiger partial charge in [0.1, 0.15) is 12.4 Å². The number of hydrogen-bond acceptors (Lipinski definition) is 1. The molecule has 1 heterocycles. The van der Waals surface area contributed by atoms with Crippen LogP contribution < -0.4 is 10.3 Å². The molecule has 4 heteroatoms. The third-order valence-corrected chi connectivity index (χ3v) is 4.85. The molecule has 0 atom stereocenters. The molecule has 0 radical (unpaired) electrons. The van der Waals surface area contributed by atoms with E-state index in [1.54, 1.807) is 0 Å². The van der Waals surface area contributed by atoms with Crippen molar-refractivity contribution in [1.82, 2.24) is 4.57 Å². The fraction of sp³-hybridized carbons (Fsp3) is 0.810. The SMILES string of the molecule is CCCCCCCCCCCCCCCCn1cc[n+](CC(N)=O)c1. The summed E-state index contributed by atoms with van der Waals surface area (Å²) in [5.74, 6) is -0.292. The van der Waals surface area contributed by atoms with E-state index in [9.17, 15) is 4.79 Å². The predicted octanol–water partition coefficient (Wildman–Crippen LogP) is 4.74. The van der Waals surface area contributed by atoms with Gasteiger partial charge in [-0.3, -0.25) is 4.79 Å². The maximum Gasteiger partial charge on any atom is 0.259 e. The van der Waals surface area contributed by atoms with Crippen LogP contribution in [0, 0.1) is 0 Å². The summed E-state index contributed by atoms with van der Waals surface area (Å²) >= 11 is 0. The van der Waals surface area contributed by atoms with Gasteiger partial charge in [-0.1, -0.05) is 84.0 Å². The summed E-state index contributed by atoms with van der Waals surface area (Å²) in [5.41, 5.74) is 5.20. The maximum absolute atomic E-state index is 10.9. The van der Waals surface area contributed by atoms with Gasteiger partial charge in [0.05, 0.1) is 6.54 Å². The first-order valence-corrected chi connectivity index (χ1v) is 10.6. The summed E-state index contributed by atoms with van der Waals surface area (Å²) < 4.78 is 3.98. The van der Waals surface area contributed by atoms with Gasteiger partial charge in [-0.25, -0.2) is 9.13 Å². The maximum atomic E-state index is 10.9. The number of carbonyl (C=O) groups excluding carboxylic acids is 1. The molecule has 144 valence electrons. The number of hydrogen-bond donors (Lipinski definition) is 1. The van der Waals surface area contributed by atoms with Crippen LogP contribution in [0.3, 0.4) is 0 Å². The molecular weight excluding hydrogens is 310 g/mol. The molecule has 2 N–H and O–H groups in total. The summed E-state index contributed by atoms with van der Waals surface area (Å²) in [6.45, 7) is 3.58. The molecule has 0 aromatic carbocycles. The second-order valence-corrected chi connectivity index (χ2v) is 7.39. The minimum Gasteiger partial charge on any atom is -0.366 e. The van der Waals surface area contributed by atoms with Gasteiger partial charge in [-0.15, -0.1) is 0 Å². The zero-order valence-electron chi connectivity index (χ0n) is 16.4. The van der Waals surface area contributed by atoms with Crippen molar-refractivity contribution in [1.29, 1.82) is 0 Å². The molecule has 1 amide bonds. The Labute approximate surface area is 154 Å². The fourth-order valence-corrected chi connectivity index (χ4v) is 3.33. The normalized spacial score (nSPS) is 11.1. The van der Waals surface area contributed by atoms with E-state index in [0.717, 1.165) is 6.54 Å². The van der Waals surface area contributed by atoms with Crippen molar-refractivity contribution < 1.29 is 9.36 Å². The van der Waals surface area contributed by atoms with Crippen molar-refractivity contribution in [2.45, 2.75) is 110 Å². The number of carbonyl (C=O) groups is 1. The van der Waals surface area contributed by atoms with E-state index in [1.807, 2.05) is 23.3 Å². The van der Waals surface area contributed by atoms with Crippen molar-refractivity contribution in [3.8, 4) is 0 Å². The van der Waals surface area contributed by atoms with Gasteiger partial charge in [0.15, 0.2) is 6.54 Å². The predicted molar refractivity (Wildman–Crippen MR) is 104 cm³/mol. The van der Waals surface area contributed by atoms with Crippen molar-refractivity contribution in [3.63, 3.8) is 0 Å². The van der Waals surface area contributed by atoms with Gasteiger partial charge in [-0.05, 0) is 12.8 Å². The van der Waals surface area contributed by atoms with Crippen LogP contribution in [-0.2, 0) is 17.9 Å². The van der Waals surface area contributed by atoms with Gasteiger partial charge in [0.2, 0.25) is 6.33 Å². The molecular formula is C21H40N3O+. The first-order chi connectivity index (χ1) is 12.2. The quantitative estimate of drug-likeness (QED) is 0.320. The van der Waals surface area contributed by atoms with Crippen molar-refractivity contribution in [2.75, 3.05) is 0 Å². The van der Waals surface area contributed by atoms with Crippen LogP contribution in [0.1, 0.15) is 96.8 Å². The molecule has 25 heavy (non-hydrogen) atoms. The Morgan fingerprint density at radius 2 is 1.32 bits per heavy atom. The third kappa shape index (κ3) is 12.7. The molecule has 0 bridgehead atoms. The summed E-state index contributed by atoms with van der Waals surface area (Å²) in [5, 5.41) is 0. The lowest BCUT2D eigenvalue weighted by atomic mass is 10.0. The van der Waals surface area contributed by atoms with Crippen LogP contribution in [0.25, 0.3) is 0 Å². The summed E-state index contributed by atoms with van der Waals surface area (Å²) in [6.07, 6.45) is 25.3. The standard InChI is InChI=1S/C21H39N3O/c1-2-3-4-5-6-7-8-9-10-11-12-13-14-15-16-23-17-18-24(20-23)19-21(22)25/h17-18,20H,2-16,19H2,1H3,(H-,22,25)/p+1. The van der Waals surface area contributed by atoms with Crippen LogP contribution in [0.15, 0.2) is 18.7 Å². The monoisotopic (exact) mass is 350 g/mol. The highest BCUT2D eigenvalue weighted by atomic mass is 16.1. The average molecular weight is 351 g/mol. The Bertz CT molecular complexity index is 442. The summed E-state index contributed by atoms with van der Waals surface area (Å²) in [7, 11) is 0. The lowest BCUT2D eigenvalue weighted by Gasteiger charge is -2.03. The topological polar surface area (TPSA) is 51.9 Å². The van der Waals surface area contributed by atoms with Crippen molar-refractivity contribution in [3.05, 3.63) is 18.7 Å². The molecule has 1 aromatic rings. The van der Waals surface area contributed by atoms with E-state index in [0.29, 0.717) is 0 Å². The molecule has 1 rings (SSSR count). The van der Waals surface area contributed by atoms with Gasteiger partial charge in [-0.2, -0.15) is 0 Å². The Morgan fingerprint density at radius 1 is 0.840 bits per heavy atom. The number of nitrogens with two attached hydrogens (primary N) is 1. The number of aromatic nitrogens is 2. The average Bonchev–Trinajstić information content (AvgIpc) is 3.01. The molecule has 1 aromatic heterocycles. The highest BCUT2D eigenvalue weighted by molar-refractivity contribution is 5.72. The van der Waals surface area contributed by atoms with Crippen LogP contribution in [0.4, 0.5) is 0 Å². The summed E-state index contributed by atoms with van der Waals surface area (Å²) in [4.78, 5) is 10.9. The number of nitrogens with zero attached hydrogens (tertiary/aromatic N) is 2. The van der Waals surface area contributed by atoms with Gasteiger partial charge < -0.3 is 5.73 Å². The molecule has 0 unspecified atom stereocenters. The highest BCUT2D eigenvalue weighted by Gasteiger charge is 2.05. The van der Waals surface area contributed by atoms with Crippen molar-refractivity contribution >= 4 is 5.91 Å². The molecule has 0 fully saturated rings. The first-order valence-electron chi connectivity index (χ1n) is 10.6. The Morgan fingerprint density at radius 3 is 1.80 bits per heavy atom. The highest BCUT2D eigenvalue weighted by Crippen LogP contribution is 2.13. The second kappa shape index (κ2) is 15.0. The smallest absolute Gasteiger partial charge is 0.259 e. The molecule has 0 saturated heterocycles. The number of primary amides is 1. The van der Waals surface area contributed by atoms with Crippen molar-refractivity contribution in [2.24, 2.45) is 5.73 Å². The Balaban J connectivity index is 1.83. The van der Waals surface area contributed by atoms with Crippen LogP contribution in [-0.4, -0.2) is 10.5 Å². The lowest BCUT2D eigenvalue weighted by Crippen LogP contribution is -2.38. The minimum atomic E-state index is -0.292. The zero-order chi connectivity index (χ0) is 18.2. The van der Waals surface area contributed by atoms with E-state index in [4.69, 9.17) is 5.73 Å². The molecule has 0 aliphatic rings. The fourth-order valence-electron chi connectivity index (χ4n) is 3.33. The number of amides is 1. The van der Waals surface area contributed by atoms with Crippen LogP contribution in [0.2, 0.25) is 0 Å². The van der Waals surface area contributed by atoms with E-state index in [2.05, 4.69) is 11.5 Å². The zero-order valence-corrected chi connectivity index (χ0v) is 16.4. The Hall–Kier alpha value is -1.32. The molecule has 0 aliphatic carbocycles. The minimum absolute atomic E-state index is 0.270. The summed E-state index contributed by atoms with van der Waals surface area (Å²) in [6, 6.07) is 0. The molecule has 0 spiro atoms. The number of aryl methyl sites for hydroxylation is 1. The van der Waals surface area contributed by atoms with Gasteiger partial charge in [0, 0.05) is 0 Å². The van der Waals surface area contributed by atoms with Gasteiger partial charge >= 0.3 is 0 Å². The molecule has 4 nitrogen and oxygen atoms in total. The van der Waals surface area contributed by atoms with E-state index in [1.165, 1.54) is 89.9 Å². The first kappa shape index (κ1) is 21.7. The van der Waals surface area contributed by atoms with Crippen LogP contribution in [0.5, 0.6) is 0 Å². The lowest BCUT2D eigenvalue weighted by molar-refractivity contribution is -0.683. The molecule has 0 saturated carbocycles. The second-order valence-electron chi connectivity index (χ2n) is 7.39. The van der Waals surface area contributed by atoms with Crippen LogP contribution >= 0.6 is 0 Å². The molecule has 0 aliphatic heterocycles. The number of imidazole rings is 1. The van der Waals surface area contributed by atoms with E-state index < -0.39 is 0 Å². The third-order valence-electron chi connectivity index (χ3n) is 4.85. The Kier molecular flexibility index (Phi) is 13.0.